The van der Waals surface area contributed by atoms with E-state index in [2.05, 4.69) is 23.5 Å². The van der Waals surface area contributed by atoms with Crippen LogP contribution in [0.25, 0.3) is 0 Å². The molecule has 0 radical (unpaired) electrons. The number of allylic oxidation sites excluding steroid dienone is 3. The molecule has 3 heteroatoms. The fourth-order valence-electron chi connectivity index (χ4n) is 0.919. The Bertz CT molecular complexity index is 276. The van der Waals surface area contributed by atoms with Crippen LogP contribution < -0.4 is 5.32 Å². The van der Waals surface area contributed by atoms with Gasteiger partial charge in [0.15, 0.2) is 12.5 Å². The van der Waals surface area contributed by atoms with Crippen LogP contribution in [0.15, 0.2) is 41.6 Å². The SMILES string of the molecule is C=CC1=C(C=C)NC(C=O)N=C1. The summed E-state index contributed by atoms with van der Waals surface area (Å²) in [5.41, 5.74) is 1.64. The van der Waals surface area contributed by atoms with Crippen LogP contribution in [-0.2, 0) is 4.79 Å². The third kappa shape index (κ3) is 1.50. The van der Waals surface area contributed by atoms with Gasteiger partial charge >= 0.3 is 0 Å². The molecule has 0 spiro atoms. The molecule has 1 aliphatic rings. The van der Waals surface area contributed by atoms with Gasteiger partial charge < -0.3 is 5.32 Å². The summed E-state index contributed by atoms with van der Waals surface area (Å²) in [4.78, 5) is 14.3. The average molecular weight is 162 g/mol. The number of nitrogens with zero attached hydrogens (tertiary/aromatic N) is 1. The molecule has 0 aromatic rings. The van der Waals surface area contributed by atoms with Gasteiger partial charge in [-0.25, -0.2) is 0 Å². The van der Waals surface area contributed by atoms with E-state index in [1.807, 2.05) is 0 Å². The second-order valence-corrected chi connectivity index (χ2v) is 2.28. The summed E-state index contributed by atoms with van der Waals surface area (Å²) in [7, 11) is 0. The molecule has 3 nitrogen and oxygen atoms in total. The molecule has 1 rings (SSSR count). The smallest absolute Gasteiger partial charge is 0.175 e. The molecular weight excluding hydrogens is 152 g/mol. The number of rotatable bonds is 3. The zero-order chi connectivity index (χ0) is 8.97. The third-order valence-electron chi connectivity index (χ3n) is 1.54. The van der Waals surface area contributed by atoms with Gasteiger partial charge in [-0.2, -0.15) is 0 Å². The summed E-state index contributed by atoms with van der Waals surface area (Å²) in [5, 5.41) is 2.88. The second-order valence-electron chi connectivity index (χ2n) is 2.28. The van der Waals surface area contributed by atoms with E-state index >= 15 is 0 Å². The maximum atomic E-state index is 10.4. The molecule has 1 unspecified atom stereocenters. The van der Waals surface area contributed by atoms with Crippen molar-refractivity contribution in [1.29, 1.82) is 0 Å². The number of aliphatic imine (C=N–C) groups is 1. The van der Waals surface area contributed by atoms with Crippen molar-refractivity contribution in [2.24, 2.45) is 4.99 Å². The Balaban J connectivity index is 2.92. The molecule has 0 saturated heterocycles. The van der Waals surface area contributed by atoms with Crippen LogP contribution >= 0.6 is 0 Å². The van der Waals surface area contributed by atoms with Gasteiger partial charge in [0.05, 0.1) is 0 Å². The van der Waals surface area contributed by atoms with Crippen molar-refractivity contribution >= 4 is 12.5 Å². The van der Waals surface area contributed by atoms with Gasteiger partial charge in [-0.15, -0.1) is 0 Å². The molecule has 0 saturated carbocycles. The molecule has 1 atom stereocenters. The number of hydrogen-bond acceptors (Lipinski definition) is 3. The van der Waals surface area contributed by atoms with Crippen molar-refractivity contribution in [3.8, 4) is 0 Å². The quantitative estimate of drug-likeness (QED) is 0.624. The highest BCUT2D eigenvalue weighted by molar-refractivity contribution is 5.86. The summed E-state index contributed by atoms with van der Waals surface area (Å²) < 4.78 is 0. The van der Waals surface area contributed by atoms with Crippen LogP contribution in [0.4, 0.5) is 0 Å². The van der Waals surface area contributed by atoms with Crippen LogP contribution in [0.5, 0.6) is 0 Å². The highest BCUT2D eigenvalue weighted by Gasteiger charge is 2.10. The highest BCUT2D eigenvalue weighted by atomic mass is 16.1. The summed E-state index contributed by atoms with van der Waals surface area (Å²) in [6.45, 7) is 7.21. The molecule has 62 valence electrons. The minimum atomic E-state index is -0.485. The highest BCUT2D eigenvalue weighted by Crippen LogP contribution is 2.07. The minimum absolute atomic E-state index is 0.485. The van der Waals surface area contributed by atoms with E-state index in [0.717, 1.165) is 17.6 Å². The molecule has 12 heavy (non-hydrogen) atoms. The topological polar surface area (TPSA) is 41.5 Å². The molecule has 0 aromatic carbocycles. The molecular formula is C9H10N2O. The van der Waals surface area contributed by atoms with E-state index in [4.69, 9.17) is 0 Å². The van der Waals surface area contributed by atoms with Crippen molar-refractivity contribution in [3.05, 3.63) is 36.6 Å². The lowest BCUT2D eigenvalue weighted by Crippen LogP contribution is -2.31. The van der Waals surface area contributed by atoms with Gasteiger partial charge in [0.25, 0.3) is 0 Å². The monoisotopic (exact) mass is 162 g/mol. The van der Waals surface area contributed by atoms with Gasteiger partial charge in [0, 0.05) is 17.5 Å². The van der Waals surface area contributed by atoms with Crippen molar-refractivity contribution in [3.63, 3.8) is 0 Å². The molecule has 1 N–H and O–H groups in total. The Morgan fingerprint density at radius 3 is 2.75 bits per heavy atom. The summed E-state index contributed by atoms with van der Waals surface area (Å²) in [5.74, 6) is 0. The average Bonchev–Trinajstić information content (AvgIpc) is 2.16. The van der Waals surface area contributed by atoms with Crippen LogP contribution in [0.1, 0.15) is 0 Å². The first-order valence-corrected chi connectivity index (χ1v) is 3.56. The summed E-state index contributed by atoms with van der Waals surface area (Å²) in [6, 6.07) is 0. The van der Waals surface area contributed by atoms with E-state index in [-0.39, 0.29) is 0 Å². The molecule has 0 fully saturated rings. The molecule has 0 bridgehead atoms. The number of carbonyl (C=O) groups is 1. The second kappa shape index (κ2) is 3.67. The van der Waals surface area contributed by atoms with Gasteiger partial charge in [0.1, 0.15) is 0 Å². The van der Waals surface area contributed by atoms with E-state index in [1.54, 1.807) is 18.4 Å². The lowest BCUT2D eigenvalue weighted by Gasteiger charge is -2.16. The van der Waals surface area contributed by atoms with Crippen LogP contribution in [0, 0.1) is 0 Å². The molecule has 0 amide bonds. The molecule has 0 aromatic heterocycles. The zero-order valence-corrected chi connectivity index (χ0v) is 6.66. The van der Waals surface area contributed by atoms with Crippen molar-refractivity contribution in [1.82, 2.24) is 5.32 Å². The van der Waals surface area contributed by atoms with Gasteiger partial charge in [-0.1, -0.05) is 19.2 Å². The molecule has 1 aliphatic heterocycles. The van der Waals surface area contributed by atoms with Gasteiger partial charge in [0.2, 0.25) is 0 Å². The normalized spacial score (nSPS) is 21.5. The first-order valence-electron chi connectivity index (χ1n) is 3.56. The lowest BCUT2D eigenvalue weighted by molar-refractivity contribution is -0.109. The van der Waals surface area contributed by atoms with Crippen LogP contribution in [-0.4, -0.2) is 18.7 Å². The number of nitrogens with one attached hydrogen (secondary N) is 1. The Labute approximate surface area is 71.2 Å². The Morgan fingerprint density at radius 1 is 1.50 bits per heavy atom. The maximum absolute atomic E-state index is 10.4. The minimum Gasteiger partial charge on any atom is -0.357 e. The van der Waals surface area contributed by atoms with Crippen LogP contribution in [0.3, 0.4) is 0 Å². The largest absolute Gasteiger partial charge is 0.357 e. The Kier molecular flexibility index (Phi) is 2.58. The lowest BCUT2D eigenvalue weighted by atomic mass is 10.2. The van der Waals surface area contributed by atoms with Crippen LogP contribution in [0.2, 0.25) is 0 Å². The van der Waals surface area contributed by atoms with Crippen molar-refractivity contribution in [2.45, 2.75) is 6.17 Å². The predicted octanol–water partition coefficient (Wildman–Crippen LogP) is 0.811. The maximum Gasteiger partial charge on any atom is 0.175 e. The molecule has 0 aliphatic carbocycles. The summed E-state index contributed by atoms with van der Waals surface area (Å²) >= 11 is 0. The third-order valence-corrected chi connectivity index (χ3v) is 1.54. The van der Waals surface area contributed by atoms with E-state index < -0.39 is 6.17 Å². The number of carbonyl (C=O) groups excluding carboxylic acids is 1. The van der Waals surface area contributed by atoms with Gasteiger partial charge in [-0.3, -0.25) is 9.79 Å². The van der Waals surface area contributed by atoms with E-state index in [0.29, 0.717) is 0 Å². The predicted molar refractivity (Wildman–Crippen MR) is 48.9 cm³/mol. The summed E-state index contributed by atoms with van der Waals surface area (Å²) in [6.07, 6.45) is 5.16. The Hall–Kier alpha value is -1.64. The van der Waals surface area contributed by atoms with E-state index in [1.165, 1.54) is 0 Å². The number of aldehydes is 1. The van der Waals surface area contributed by atoms with Crippen molar-refractivity contribution < 1.29 is 4.79 Å². The van der Waals surface area contributed by atoms with Gasteiger partial charge in [-0.05, 0) is 6.08 Å². The standard InChI is InChI=1S/C9H10N2O/c1-3-7-5-10-9(6-12)11-8(7)4-2/h3-6,9,11H,1-2H2. The first-order chi connectivity index (χ1) is 5.81. The fourth-order valence-corrected chi connectivity index (χ4v) is 0.919. The van der Waals surface area contributed by atoms with Crippen molar-refractivity contribution in [2.75, 3.05) is 0 Å². The fraction of sp³-hybridized carbons (Fsp3) is 0.111. The zero-order valence-electron chi connectivity index (χ0n) is 6.66. The number of hydrogen-bond donors (Lipinski definition) is 1. The molecule has 1 heterocycles. The van der Waals surface area contributed by atoms with E-state index in [9.17, 15) is 4.79 Å². The first kappa shape index (κ1) is 8.46. The Morgan fingerprint density at radius 2 is 2.25 bits per heavy atom.